The predicted octanol–water partition coefficient (Wildman–Crippen LogP) is 1.65. The van der Waals surface area contributed by atoms with Gasteiger partial charge < -0.3 is 19.9 Å². The Kier molecular flexibility index (Phi) is 5.08. The first kappa shape index (κ1) is 19.0. The summed E-state index contributed by atoms with van der Waals surface area (Å²) in [6.45, 7) is 4.46. The lowest BCUT2D eigenvalue weighted by Gasteiger charge is -2.31. The Bertz CT molecular complexity index is 1030. The van der Waals surface area contributed by atoms with Crippen molar-refractivity contribution in [2.24, 2.45) is 4.99 Å². The third kappa shape index (κ3) is 3.31. The third-order valence-electron chi connectivity index (χ3n) is 6.09. The average molecular weight is 406 g/mol. The van der Waals surface area contributed by atoms with E-state index in [1.165, 1.54) is 0 Å². The smallest absolute Gasteiger partial charge is 0.242 e. The molecule has 0 spiro atoms. The number of hydrogen-bond acceptors (Lipinski definition) is 7. The van der Waals surface area contributed by atoms with Crippen LogP contribution in [0.25, 0.3) is 16.5 Å². The van der Waals surface area contributed by atoms with Gasteiger partial charge >= 0.3 is 0 Å². The van der Waals surface area contributed by atoms with E-state index in [0.717, 1.165) is 66.2 Å². The van der Waals surface area contributed by atoms with Crippen LogP contribution in [0.2, 0.25) is 0 Å². The van der Waals surface area contributed by atoms with Crippen LogP contribution >= 0.6 is 0 Å². The quantitative estimate of drug-likeness (QED) is 0.831. The van der Waals surface area contributed by atoms with Gasteiger partial charge in [0.2, 0.25) is 5.91 Å². The second-order valence-electron chi connectivity index (χ2n) is 7.80. The van der Waals surface area contributed by atoms with Crippen molar-refractivity contribution in [2.75, 3.05) is 56.2 Å². The van der Waals surface area contributed by atoms with E-state index in [1.54, 1.807) is 7.05 Å². The summed E-state index contributed by atoms with van der Waals surface area (Å²) >= 11 is 0. The number of likely N-dealkylation sites (N-methyl/N-ethyl adjacent to an activating group) is 1. The number of morpholine rings is 1. The van der Waals surface area contributed by atoms with Crippen LogP contribution in [0.3, 0.4) is 0 Å². The molecule has 2 aromatic rings. The van der Waals surface area contributed by atoms with Crippen molar-refractivity contribution in [3.63, 3.8) is 0 Å². The number of amides is 1. The fraction of sp³-hybridized carbons (Fsp3) is 0.455. The largest absolute Gasteiger partial charge is 0.378 e. The van der Waals surface area contributed by atoms with E-state index in [1.807, 2.05) is 24.6 Å². The minimum Gasteiger partial charge on any atom is -0.378 e. The highest BCUT2D eigenvalue weighted by Crippen LogP contribution is 2.37. The molecule has 0 saturated carbocycles. The highest BCUT2D eigenvalue weighted by atomic mass is 16.5. The molecule has 156 valence electrons. The van der Waals surface area contributed by atoms with Gasteiger partial charge in [0.1, 0.15) is 17.4 Å². The SMILES string of the molecule is CNC(=O)[C@@H]1CCCN1c1cc(N2CCOCC2)nc2c(C3=CC=NC3)nccc12. The summed E-state index contributed by atoms with van der Waals surface area (Å²) in [7, 11) is 1.71. The first-order valence-corrected chi connectivity index (χ1v) is 10.6. The van der Waals surface area contributed by atoms with Crippen molar-refractivity contribution in [3.8, 4) is 0 Å². The van der Waals surface area contributed by atoms with Gasteiger partial charge in [-0.15, -0.1) is 0 Å². The van der Waals surface area contributed by atoms with Crippen LogP contribution in [0.15, 0.2) is 29.4 Å². The Morgan fingerprint density at radius 3 is 2.90 bits per heavy atom. The van der Waals surface area contributed by atoms with E-state index in [-0.39, 0.29) is 11.9 Å². The molecule has 0 bridgehead atoms. The summed E-state index contributed by atoms with van der Waals surface area (Å²) < 4.78 is 5.54. The van der Waals surface area contributed by atoms with Gasteiger partial charge in [-0.25, -0.2) is 4.98 Å². The van der Waals surface area contributed by atoms with Crippen LogP contribution in [0, 0.1) is 0 Å². The predicted molar refractivity (Wildman–Crippen MR) is 118 cm³/mol. The van der Waals surface area contributed by atoms with Crippen molar-refractivity contribution in [1.82, 2.24) is 15.3 Å². The van der Waals surface area contributed by atoms with E-state index in [4.69, 9.17) is 9.72 Å². The molecule has 5 rings (SSSR count). The van der Waals surface area contributed by atoms with Crippen molar-refractivity contribution in [2.45, 2.75) is 18.9 Å². The molecule has 3 aliphatic heterocycles. The second kappa shape index (κ2) is 8.02. The number of pyridine rings is 2. The number of carbonyl (C=O) groups excluding carboxylic acids is 1. The molecular formula is C22H26N6O2. The van der Waals surface area contributed by atoms with Gasteiger partial charge in [0.15, 0.2) is 0 Å². The summed E-state index contributed by atoms with van der Waals surface area (Å²) in [4.78, 5) is 31.1. The number of anilines is 2. The van der Waals surface area contributed by atoms with E-state index < -0.39 is 0 Å². The molecule has 2 fully saturated rings. The van der Waals surface area contributed by atoms with Crippen LogP contribution in [-0.2, 0) is 9.53 Å². The lowest BCUT2D eigenvalue weighted by atomic mass is 10.1. The molecule has 0 unspecified atom stereocenters. The zero-order valence-corrected chi connectivity index (χ0v) is 17.2. The lowest BCUT2D eigenvalue weighted by Crippen LogP contribution is -2.42. The van der Waals surface area contributed by atoms with E-state index >= 15 is 0 Å². The summed E-state index contributed by atoms with van der Waals surface area (Å²) in [6, 6.07) is 3.99. The van der Waals surface area contributed by atoms with E-state index in [2.05, 4.69) is 31.2 Å². The number of aliphatic imine (C=N–C) groups is 1. The van der Waals surface area contributed by atoms with Gasteiger partial charge in [0.25, 0.3) is 0 Å². The Morgan fingerprint density at radius 1 is 1.27 bits per heavy atom. The molecule has 8 nitrogen and oxygen atoms in total. The van der Waals surface area contributed by atoms with Gasteiger partial charge in [0.05, 0.1) is 31.1 Å². The summed E-state index contributed by atoms with van der Waals surface area (Å²) in [6.07, 6.45) is 7.51. The molecule has 1 N–H and O–H groups in total. The number of rotatable bonds is 4. The van der Waals surface area contributed by atoms with Crippen molar-refractivity contribution in [3.05, 3.63) is 30.1 Å². The zero-order chi connectivity index (χ0) is 20.5. The number of nitrogens with zero attached hydrogens (tertiary/aromatic N) is 5. The molecular weight excluding hydrogens is 380 g/mol. The van der Waals surface area contributed by atoms with Gasteiger partial charge in [-0.2, -0.15) is 0 Å². The maximum absolute atomic E-state index is 12.6. The molecule has 30 heavy (non-hydrogen) atoms. The Hall–Kier alpha value is -3.00. The molecule has 2 aromatic heterocycles. The van der Waals surface area contributed by atoms with Crippen LogP contribution in [-0.4, -0.2) is 74.6 Å². The molecule has 0 aromatic carbocycles. The topological polar surface area (TPSA) is 83.0 Å². The minimum atomic E-state index is -0.163. The molecule has 5 heterocycles. The van der Waals surface area contributed by atoms with E-state index in [0.29, 0.717) is 19.8 Å². The van der Waals surface area contributed by atoms with Gasteiger partial charge in [-0.3, -0.25) is 14.8 Å². The standard InChI is InChI=1S/C22H26N6O2/c1-23-22(29)17-3-2-8-28(17)18-13-19(27-9-11-30-12-10-27)26-21-16(18)5-7-25-20(21)15-4-6-24-14-15/h4-7,13,17H,2-3,8-12,14H2,1H3,(H,23,29)/t17-/m0/s1. The number of nitrogens with one attached hydrogen (secondary N) is 1. The Balaban J connectivity index is 1.68. The van der Waals surface area contributed by atoms with Gasteiger partial charge in [0, 0.05) is 56.1 Å². The molecule has 2 saturated heterocycles. The third-order valence-corrected chi connectivity index (χ3v) is 6.09. The molecule has 0 aliphatic carbocycles. The first-order valence-electron chi connectivity index (χ1n) is 10.6. The van der Waals surface area contributed by atoms with Crippen molar-refractivity contribution >= 4 is 40.1 Å². The van der Waals surface area contributed by atoms with Gasteiger partial charge in [-0.1, -0.05) is 0 Å². The summed E-state index contributed by atoms with van der Waals surface area (Å²) in [5, 5.41) is 3.86. The molecule has 3 aliphatic rings. The highest BCUT2D eigenvalue weighted by Gasteiger charge is 2.32. The maximum Gasteiger partial charge on any atom is 0.242 e. The minimum absolute atomic E-state index is 0.0616. The van der Waals surface area contributed by atoms with Crippen LogP contribution in [0.1, 0.15) is 18.5 Å². The second-order valence-corrected chi connectivity index (χ2v) is 7.80. The number of carbonyl (C=O) groups is 1. The molecule has 0 radical (unpaired) electrons. The monoisotopic (exact) mass is 406 g/mol. The Labute approximate surface area is 175 Å². The van der Waals surface area contributed by atoms with Crippen LogP contribution in [0.5, 0.6) is 0 Å². The van der Waals surface area contributed by atoms with Crippen molar-refractivity contribution in [1.29, 1.82) is 0 Å². The van der Waals surface area contributed by atoms with Gasteiger partial charge in [-0.05, 0) is 25.0 Å². The number of ether oxygens (including phenoxy) is 1. The zero-order valence-electron chi connectivity index (χ0n) is 17.2. The van der Waals surface area contributed by atoms with Crippen molar-refractivity contribution < 1.29 is 9.53 Å². The number of aromatic nitrogens is 2. The van der Waals surface area contributed by atoms with E-state index in [9.17, 15) is 4.79 Å². The normalized spacial score (nSPS) is 21.4. The van der Waals surface area contributed by atoms with Crippen LogP contribution < -0.4 is 15.1 Å². The Morgan fingerprint density at radius 2 is 2.13 bits per heavy atom. The first-order chi connectivity index (χ1) is 14.8. The van der Waals surface area contributed by atoms with Crippen LogP contribution in [0.4, 0.5) is 11.5 Å². The number of fused-ring (bicyclic) bond motifs is 1. The maximum atomic E-state index is 12.6. The number of hydrogen-bond donors (Lipinski definition) is 1. The number of allylic oxidation sites excluding steroid dienone is 1. The molecule has 1 amide bonds. The molecule has 1 atom stereocenters. The summed E-state index contributed by atoms with van der Waals surface area (Å²) in [5.41, 5.74) is 3.87. The highest BCUT2D eigenvalue weighted by molar-refractivity contribution is 6.02. The lowest BCUT2D eigenvalue weighted by molar-refractivity contribution is -0.121. The fourth-order valence-corrected chi connectivity index (χ4v) is 4.54. The average Bonchev–Trinajstić information content (AvgIpc) is 3.50. The summed E-state index contributed by atoms with van der Waals surface area (Å²) in [5.74, 6) is 0.976. The molecule has 8 heteroatoms. The fourth-order valence-electron chi connectivity index (χ4n) is 4.54.